The van der Waals surface area contributed by atoms with Crippen LogP contribution < -0.4 is 0 Å². The van der Waals surface area contributed by atoms with Crippen LogP contribution >= 0.6 is 22.6 Å². The normalized spacial score (nSPS) is 19.9. The van der Waals surface area contributed by atoms with Gasteiger partial charge in [-0.15, -0.1) is 0 Å². The zero-order valence-electron chi connectivity index (χ0n) is 7.25. The maximum atomic E-state index is 11.1. The molecule has 0 heterocycles. The molecule has 0 aliphatic heterocycles. The number of hydrogen-bond donors (Lipinski definition) is 5. The minimum absolute atomic E-state index is 0.118. The molecule has 14 heavy (non-hydrogen) atoms. The quantitative estimate of drug-likeness (QED) is 0.271. The predicted molar refractivity (Wildman–Crippen MR) is 55.0 cm³/mol. The summed E-state index contributed by atoms with van der Waals surface area (Å²) in [5, 5.41) is 44.6. The molecular weight excluding hydrogens is 307 g/mol. The summed E-state index contributed by atoms with van der Waals surface area (Å²) in [6.07, 6.45) is -6.56. The Morgan fingerprint density at radius 1 is 1.07 bits per heavy atom. The van der Waals surface area contributed by atoms with Crippen molar-refractivity contribution in [3.8, 4) is 0 Å². The third kappa shape index (κ3) is 3.75. The molecule has 1 unspecified atom stereocenters. The molecule has 0 spiro atoms. The molecule has 4 atom stereocenters. The number of halogens is 1. The molecule has 5 N–H and O–H groups in total. The van der Waals surface area contributed by atoms with Gasteiger partial charge in [0.15, 0.2) is 5.78 Å². The zero-order valence-corrected chi connectivity index (χ0v) is 9.40. The summed E-state index contributed by atoms with van der Waals surface area (Å²) in [6.45, 7) is -0.792. The summed E-state index contributed by atoms with van der Waals surface area (Å²) in [6, 6.07) is 0. The van der Waals surface area contributed by atoms with E-state index in [1.807, 2.05) is 0 Å². The summed E-state index contributed by atoms with van der Waals surface area (Å²) in [4.78, 5) is 11.1. The Kier molecular flexibility index (Phi) is 6.74. The summed E-state index contributed by atoms with van der Waals surface area (Å²) < 4.78 is 0.118. The zero-order chi connectivity index (χ0) is 11.3. The molecule has 0 fully saturated rings. The van der Waals surface area contributed by atoms with E-state index < -0.39 is 36.8 Å². The van der Waals surface area contributed by atoms with Gasteiger partial charge in [-0.1, -0.05) is 22.6 Å². The molecule has 0 amide bonds. The van der Waals surface area contributed by atoms with Gasteiger partial charge in [-0.3, -0.25) is 4.79 Å². The average molecular weight is 320 g/mol. The fourth-order valence-corrected chi connectivity index (χ4v) is 1.22. The number of ketones is 1. The first-order valence-electron chi connectivity index (χ1n) is 3.88. The summed E-state index contributed by atoms with van der Waals surface area (Å²) >= 11 is 1.76. The second-order valence-corrected chi connectivity index (χ2v) is 3.64. The lowest BCUT2D eigenvalue weighted by molar-refractivity contribution is -0.147. The number of carbonyl (C=O) groups excluding carboxylic acids is 1. The second-order valence-electron chi connectivity index (χ2n) is 2.76. The Labute approximate surface area is 94.3 Å². The van der Waals surface area contributed by atoms with Crippen molar-refractivity contribution in [2.45, 2.75) is 24.4 Å². The van der Waals surface area contributed by atoms with Gasteiger partial charge in [-0.05, 0) is 0 Å². The molecule has 0 aromatic rings. The highest BCUT2D eigenvalue weighted by Gasteiger charge is 2.32. The summed E-state index contributed by atoms with van der Waals surface area (Å²) in [5.74, 6) is -1.10. The maximum Gasteiger partial charge on any atom is 0.195 e. The Hall–Kier alpha value is 0.200. The van der Waals surface area contributed by atoms with Crippen LogP contribution in [0.15, 0.2) is 0 Å². The van der Waals surface area contributed by atoms with Gasteiger partial charge < -0.3 is 25.5 Å². The van der Waals surface area contributed by atoms with Gasteiger partial charge in [0, 0.05) is 4.43 Å². The molecule has 0 bridgehead atoms. The van der Waals surface area contributed by atoms with Crippen LogP contribution in [0.5, 0.6) is 0 Å². The van der Waals surface area contributed by atoms with E-state index in [4.69, 9.17) is 25.5 Å². The summed E-state index contributed by atoms with van der Waals surface area (Å²) in [5.41, 5.74) is 0. The fraction of sp³-hybridized carbons (Fsp3) is 0.857. The molecule has 7 heteroatoms. The minimum atomic E-state index is -1.88. The van der Waals surface area contributed by atoms with Crippen LogP contribution in [-0.4, -0.2) is 66.8 Å². The number of aliphatic hydroxyl groups is 5. The van der Waals surface area contributed by atoms with Gasteiger partial charge >= 0.3 is 0 Å². The van der Waals surface area contributed by atoms with E-state index in [2.05, 4.69) is 0 Å². The molecule has 6 nitrogen and oxygen atoms in total. The summed E-state index contributed by atoms with van der Waals surface area (Å²) in [7, 11) is 0. The van der Waals surface area contributed by atoms with Crippen molar-refractivity contribution < 1.29 is 30.3 Å². The van der Waals surface area contributed by atoms with Crippen molar-refractivity contribution in [1.29, 1.82) is 0 Å². The van der Waals surface area contributed by atoms with E-state index in [1.165, 1.54) is 0 Å². The van der Waals surface area contributed by atoms with E-state index in [0.717, 1.165) is 0 Å². The standard InChI is InChI=1S/C7H13IO6/c8-1-3(10)5(12)7(14)6(13)4(11)2-9/h3-6,9-13H,1-2H2/t3-,4?,5-,6-/m1/s1. The topological polar surface area (TPSA) is 118 Å². The van der Waals surface area contributed by atoms with E-state index in [0.29, 0.717) is 0 Å². The highest BCUT2D eigenvalue weighted by atomic mass is 127. The van der Waals surface area contributed by atoms with Crippen LogP contribution in [0.3, 0.4) is 0 Å². The number of Topliss-reactive ketones (excluding diaryl/α,β-unsaturated/α-hetero) is 1. The molecule has 0 saturated heterocycles. The second kappa shape index (κ2) is 6.64. The van der Waals surface area contributed by atoms with Crippen molar-refractivity contribution >= 4 is 28.4 Å². The number of carbonyl (C=O) groups is 1. The highest BCUT2D eigenvalue weighted by Crippen LogP contribution is 2.05. The van der Waals surface area contributed by atoms with E-state index in [-0.39, 0.29) is 4.43 Å². The number of aliphatic hydroxyl groups excluding tert-OH is 5. The largest absolute Gasteiger partial charge is 0.394 e. The first kappa shape index (κ1) is 14.2. The van der Waals surface area contributed by atoms with E-state index in [1.54, 1.807) is 22.6 Å². The van der Waals surface area contributed by atoms with Crippen LogP contribution in [0.25, 0.3) is 0 Å². The number of rotatable bonds is 6. The van der Waals surface area contributed by atoms with Gasteiger partial charge in [0.2, 0.25) is 0 Å². The lowest BCUT2D eigenvalue weighted by Crippen LogP contribution is -2.47. The molecule has 0 rings (SSSR count). The predicted octanol–water partition coefficient (Wildman–Crippen LogP) is -2.57. The number of hydrogen-bond acceptors (Lipinski definition) is 6. The fourth-order valence-electron chi connectivity index (χ4n) is 0.738. The smallest absolute Gasteiger partial charge is 0.195 e. The molecule has 0 aromatic heterocycles. The van der Waals surface area contributed by atoms with E-state index in [9.17, 15) is 4.79 Å². The third-order valence-electron chi connectivity index (χ3n) is 1.66. The molecule has 0 aliphatic rings. The lowest BCUT2D eigenvalue weighted by atomic mass is 10.0. The maximum absolute atomic E-state index is 11.1. The van der Waals surface area contributed by atoms with Gasteiger partial charge in [0.1, 0.15) is 18.3 Å². The monoisotopic (exact) mass is 320 g/mol. The molecule has 0 radical (unpaired) electrons. The van der Waals surface area contributed by atoms with Crippen LogP contribution in [0.1, 0.15) is 0 Å². The first-order chi connectivity index (χ1) is 6.45. The van der Waals surface area contributed by atoms with Crippen molar-refractivity contribution in [2.24, 2.45) is 0 Å². The first-order valence-corrected chi connectivity index (χ1v) is 5.41. The molecule has 0 aromatic carbocycles. The van der Waals surface area contributed by atoms with Gasteiger partial charge in [-0.2, -0.15) is 0 Å². The lowest BCUT2D eigenvalue weighted by Gasteiger charge is -2.20. The van der Waals surface area contributed by atoms with E-state index >= 15 is 0 Å². The Morgan fingerprint density at radius 2 is 1.50 bits per heavy atom. The van der Waals surface area contributed by atoms with Crippen LogP contribution in [0, 0.1) is 0 Å². The average Bonchev–Trinajstić information content (AvgIpc) is 2.23. The van der Waals surface area contributed by atoms with Crippen molar-refractivity contribution in [3.05, 3.63) is 0 Å². The Morgan fingerprint density at radius 3 is 1.86 bits per heavy atom. The molecular formula is C7H13IO6. The SMILES string of the molecule is O=C([C@H](O)C(O)CO)[C@H](O)[C@H](O)CI. The van der Waals surface area contributed by atoms with Crippen LogP contribution in [-0.2, 0) is 4.79 Å². The van der Waals surface area contributed by atoms with Crippen LogP contribution in [0.2, 0.25) is 0 Å². The van der Waals surface area contributed by atoms with Crippen molar-refractivity contribution in [2.75, 3.05) is 11.0 Å². The third-order valence-corrected chi connectivity index (χ3v) is 2.56. The molecule has 0 saturated carbocycles. The molecule has 84 valence electrons. The van der Waals surface area contributed by atoms with Crippen LogP contribution in [0.4, 0.5) is 0 Å². The highest BCUT2D eigenvalue weighted by molar-refractivity contribution is 14.1. The van der Waals surface area contributed by atoms with Gasteiger partial charge in [0.05, 0.1) is 12.7 Å². The Bertz CT molecular complexity index is 169. The van der Waals surface area contributed by atoms with Gasteiger partial charge in [-0.25, -0.2) is 0 Å². The number of alkyl halides is 1. The van der Waals surface area contributed by atoms with Crippen molar-refractivity contribution in [1.82, 2.24) is 0 Å². The Balaban J connectivity index is 4.31. The molecule has 0 aliphatic carbocycles. The van der Waals surface area contributed by atoms with Crippen molar-refractivity contribution in [3.63, 3.8) is 0 Å². The van der Waals surface area contributed by atoms with Gasteiger partial charge in [0.25, 0.3) is 0 Å². The minimum Gasteiger partial charge on any atom is -0.394 e.